The summed E-state index contributed by atoms with van der Waals surface area (Å²) in [5.74, 6) is 0.806. The van der Waals surface area contributed by atoms with E-state index in [4.69, 9.17) is 27.9 Å². The third kappa shape index (κ3) is 3.21. The van der Waals surface area contributed by atoms with Gasteiger partial charge in [0.2, 0.25) is 5.75 Å². The Balaban J connectivity index is 2.44. The van der Waals surface area contributed by atoms with Crippen molar-refractivity contribution in [2.24, 2.45) is 0 Å². The number of alkyl halides is 1. The Morgan fingerprint density at radius 2 is 1.95 bits per heavy atom. The zero-order valence-corrected chi connectivity index (χ0v) is 12.1. The van der Waals surface area contributed by atoms with Crippen LogP contribution >= 0.6 is 23.2 Å². The molecule has 20 heavy (non-hydrogen) atoms. The molecule has 0 aromatic heterocycles. The lowest BCUT2D eigenvalue weighted by Crippen LogP contribution is -1.96. The summed E-state index contributed by atoms with van der Waals surface area (Å²) in [6.45, 7) is 1.78. The van der Waals surface area contributed by atoms with Crippen LogP contribution in [0.4, 0.5) is 5.69 Å². The lowest BCUT2D eigenvalue weighted by atomic mass is 10.2. The summed E-state index contributed by atoms with van der Waals surface area (Å²) >= 11 is 11.7. The molecule has 0 aliphatic rings. The van der Waals surface area contributed by atoms with Gasteiger partial charge in [-0.15, -0.1) is 11.6 Å². The van der Waals surface area contributed by atoms with E-state index in [1.54, 1.807) is 37.3 Å². The maximum absolute atomic E-state index is 11.1. The van der Waals surface area contributed by atoms with Crippen LogP contribution < -0.4 is 4.74 Å². The summed E-state index contributed by atoms with van der Waals surface area (Å²) in [5.41, 5.74) is 1.41. The van der Waals surface area contributed by atoms with Crippen LogP contribution in [0.25, 0.3) is 0 Å². The molecule has 6 heteroatoms. The SMILES string of the molecule is Cc1ccc(Oc2cc(Cl)ccc2CCl)c([N+](=O)[O-])c1. The first-order valence-electron chi connectivity index (χ1n) is 5.78. The molecule has 2 aromatic rings. The molecular formula is C14H11Cl2NO3. The van der Waals surface area contributed by atoms with Gasteiger partial charge in [-0.25, -0.2) is 0 Å². The van der Waals surface area contributed by atoms with E-state index < -0.39 is 4.92 Å². The zero-order valence-electron chi connectivity index (χ0n) is 10.6. The number of hydrogen-bond donors (Lipinski definition) is 0. The number of benzene rings is 2. The van der Waals surface area contributed by atoms with Crippen LogP contribution in [0.1, 0.15) is 11.1 Å². The highest BCUT2D eigenvalue weighted by Crippen LogP contribution is 2.35. The number of nitro groups is 1. The van der Waals surface area contributed by atoms with Crippen molar-refractivity contribution in [3.8, 4) is 11.5 Å². The maximum Gasteiger partial charge on any atom is 0.311 e. The molecule has 0 N–H and O–H groups in total. The van der Waals surface area contributed by atoms with Gasteiger partial charge in [-0.3, -0.25) is 10.1 Å². The van der Waals surface area contributed by atoms with Crippen molar-refractivity contribution in [3.05, 3.63) is 62.7 Å². The molecule has 0 saturated carbocycles. The first kappa shape index (κ1) is 14.6. The van der Waals surface area contributed by atoms with Gasteiger partial charge in [0, 0.05) is 16.7 Å². The maximum atomic E-state index is 11.1. The third-order valence-corrected chi connectivity index (χ3v) is 3.23. The van der Waals surface area contributed by atoms with E-state index in [-0.39, 0.29) is 17.3 Å². The van der Waals surface area contributed by atoms with Gasteiger partial charge in [0.25, 0.3) is 0 Å². The quantitative estimate of drug-likeness (QED) is 0.449. The van der Waals surface area contributed by atoms with Crippen molar-refractivity contribution in [2.75, 3.05) is 0 Å². The molecule has 0 spiro atoms. The Bertz CT molecular complexity index is 659. The van der Waals surface area contributed by atoms with E-state index in [1.807, 2.05) is 0 Å². The topological polar surface area (TPSA) is 52.4 Å². The van der Waals surface area contributed by atoms with Crippen LogP contribution in [-0.4, -0.2) is 4.92 Å². The van der Waals surface area contributed by atoms with Crippen LogP contribution in [-0.2, 0) is 5.88 Å². The van der Waals surface area contributed by atoms with Crippen LogP contribution in [0.2, 0.25) is 5.02 Å². The molecule has 0 aliphatic carbocycles. The van der Waals surface area contributed by atoms with Gasteiger partial charge in [-0.05, 0) is 30.7 Å². The Morgan fingerprint density at radius 1 is 1.20 bits per heavy atom. The molecule has 0 saturated heterocycles. The summed E-state index contributed by atoms with van der Waals surface area (Å²) in [5, 5.41) is 11.5. The Morgan fingerprint density at radius 3 is 2.60 bits per heavy atom. The van der Waals surface area contributed by atoms with Crippen LogP contribution in [0.15, 0.2) is 36.4 Å². The average molecular weight is 312 g/mol. The molecule has 0 radical (unpaired) electrons. The highest BCUT2D eigenvalue weighted by molar-refractivity contribution is 6.30. The van der Waals surface area contributed by atoms with Crippen molar-refractivity contribution in [1.82, 2.24) is 0 Å². The van der Waals surface area contributed by atoms with Crippen LogP contribution in [0.3, 0.4) is 0 Å². The fraction of sp³-hybridized carbons (Fsp3) is 0.143. The van der Waals surface area contributed by atoms with Crippen LogP contribution in [0, 0.1) is 17.0 Å². The monoisotopic (exact) mass is 311 g/mol. The second kappa shape index (κ2) is 6.11. The Kier molecular flexibility index (Phi) is 4.47. The van der Waals surface area contributed by atoms with E-state index in [2.05, 4.69) is 0 Å². The second-order valence-electron chi connectivity index (χ2n) is 4.22. The lowest BCUT2D eigenvalue weighted by molar-refractivity contribution is -0.385. The molecule has 0 amide bonds. The third-order valence-electron chi connectivity index (χ3n) is 2.70. The number of rotatable bonds is 4. The Hall–Kier alpha value is -1.78. The van der Waals surface area contributed by atoms with Gasteiger partial charge in [0.15, 0.2) is 0 Å². The molecule has 0 aliphatic heterocycles. The van der Waals surface area contributed by atoms with E-state index in [0.29, 0.717) is 16.3 Å². The normalized spacial score (nSPS) is 10.3. The molecule has 0 atom stereocenters. The standard InChI is InChI=1S/C14H11Cl2NO3/c1-9-2-5-13(12(6-9)17(18)19)20-14-7-11(16)4-3-10(14)8-15/h2-7H,8H2,1H3. The van der Waals surface area contributed by atoms with Gasteiger partial charge < -0.3 is 4.74 Å². The highest BCUT2D eigenvalue weighted by atomic mass is 35.5. The van der Waals surface area contributed by atoms with E-state index in [0.717, 1.165) is 5.56 Å². The van der Waals surface area contributed by atoms with Crippen molar-refractivity contribution in [1.29, 1.82) is 0 Å². The molecule has 0 unspecified atom stereocenters. The van der Waals surface area contributed by atoms with Gasteiger partial charge >= 0.3 is 5.69 Å². The molecule has 2 rings (SSSR count). The number of aryl methyl sites for hydroxylation is 1. The summed E-state index contributed by atoms with van der Waals surface area (Å²) in [7, 11) is 0. The van der Waals surface area contributed by atoms with Crippen LogP contribution in [0.5, 0.6) is 11.5 Å². The summed E-state index contributed by atoms with van der Waals surface area (Å²) in [4.78, 5) is 10.6. The van der Waals surface area contributed by atoms with Crippen molar-refractivity contribution < 1.29 is 9.66 Å². The number of nitrogens with zero attached hydrogens (tertiary/aromatic N) is 1. The largest absolute Gasteiger partial charge is 0.450 e. The van der Waals surface area contributed by atoms with Gasteiger partial charge in [0.05, 0.1) is 10.8 Å². The predicted molar refractivity (Wildman–Crippen MR) is 78.9 cm³/mol. The second-order valence-corrected chi connectivity index (χ2v) is 4.92. The molecule has 0 bridgehead atoms. The minimum absolute atomic E-state index is 0.0921. The van der Waals surface area contributed by atoms with Gasteiger partial charge in [0.1, 0.15) is 5.75 Å². The zero-order chi connectivity index (χ0) is 14.7. The molecule has 0 heterocycles. The number of ether oxygens (including phenoxy) is 1. The van der Waals surface area contributed by atoms with E-state index in [1.165, 1.54) is 6.07 Å². The molecule has 0 fully saturated rings. The first-order chi connectivity index (χ1) is 9.51. The van der Waals surface area contributed by atoms with Crippen molar-refractivity contribution in [3.63, 3.8) is 0 Å². The van der Waals surface area contributed by atoms with Gasteiger partial charge in [-0.1, -0.05) is 23.7 Å². The number of hydrogen-bond acceptors (Lipinski definition) is 3. The summed E-state index contributed by atoms with van der Waals surface area (Å²) in [6, 6.07) is 9.77. The molecule has 104 valence electrons. The van der Waals surface area contributed by atoms with Gasteiger partial charge in [-0.2, -0.15) is 0 Å². The molecule has 2 aromatic carbocycles. The van der Waals surface area contributed by atoms with E-state index >= 15 is 0 Å². The van der Waals surface area contributed by atoms with Crippen molar-refractivity contribution >= 4 is 28.9 Å². The van der Waals surface area contributed by atoms with E-state index in [9.17, 15) is 10.1 Å². The average Bonchev–Trinajstić information content (AvgIpc) is 2.41. The smallest absolute Gasteiger partial charge is 0.311 e. The minimum atomic E-state index is -0.479. The predicted octanol–water partition coefficient (Wildman–Crippen LogP) is 5.09. The highest BCUT2D eigenvalue weighted by Gasteiger charge is 2.17. The minimum Gasteiger partial charge on any atom is -0.450 e. The molecular weight excluding hydrogens is 301 g/mol. The molecule has 4 nitrogen and oxygen atoms in total. The summed E-state index contributed by atoms with van der Waals surface area (Å²) < 4.78 is 5.62. The first-order valence-corrected chi connectivity index (χ1v) is 6.70. The lowest BCUT2D eigenvalue weighted by Gasteiger charge is -2.10. The fourth-order valence-corrected chi connectivity index (χ4v) is 2.09. The fourth-order valence-electron chi connectivity index (χ4n) is 1.71. The number of halogens is 2. The van der Waals surface area contributed by atoms with Crippen molar-refractivity contribution in [2.45, 2.75) is 12.8 Å². The Labute approximate surface area is 126 Å². The summed E-state index contributed by atoms with van der Waals surface area (Å²) in [6.07, 6.45) is 0. The number of nitro benzene ring substituents is 1.